The molecule has 0 spiro atoms. The summed E-state index contributed by atoms with van der Waals surface area (Å²) < 4.78 is 23.7. The lowest BCUT2D eigenvalue weighted by Gasteiger charge is -2.08. The highest BCUT2D eigenvalue weighted by molar-refractivity contribution is 7.99. The van der Waals surface area contributed by atoms with Crippen molar-refractivity contribution in [3.63, 3.8) is 0 Å². The lowest BCUT2D eigenvalue weighted by molar-refractivity contribution is 0.290. The van der Waals surface area contributed by atoms with Crippen LogP contribution in [0.2, 0.25) is 0 Å². The third-order valence-electron chi connectivity index (χ3n) is 4.00. The summed E-state index contributed by atoms with van der Waals surface area (Å²) in [6.45, 7) is 0.917. The Labute approximate surface area is 168 Å². The summed E-state index contributed by atoms with van der Waals surface area (Å²) in [6.07, 6.45) is 0. The van der Waals surface area contributed by atoms with Gasteiger partial charge in [-0.3, -0.25) is 0 Å². The fraction of sp³-hybridized carbons (Fsp3) is 0.300. The molecule has 0 aliphatic carbocycles. The van der Waals surface area contributed by atoms with E-state index < -0.39 is 0 Å². The normalized spacial score (nSPS) is 10.5. The zero-order valence-electron chi connectivity index (χ0n) is 16.1. The van der Waals surface area contributed by atoms with Gasteiger partial charge in [0.1, 0.15) is 29.6 Å². The van der Waals surface area contributed by atoms with Crippen molar-refractivity contribution < 1.29 is 18.9 Å². The van der Waals surface area contributed by atoms with Gasteiger partial charge in [-0.25, -0.2) is 0 Å². The molecule has 0 unspecified atom stereocenters. The summed E-state index contributed by atoms with van der Waals surface area (Å²) in [5.41, 5.74) is 0. The maximum atomic E-state index is 5.76. The van der Waals surface area contributed by atoms with E-state index in [4.69, 9.17) is 18.9 Å². The van der Waals surface area contributed by atoms with Crippen LogP contribution in [0.5, 0.6) is 23.0 Å². The molecular formula is C20H23N3O4S. The van der Waals surface area contributed by atoms with Crippen LogP contribution in [-0.4, -0.2) is 41.3 Å². The second kappa shape index (κ2) is 9.89. The molecule has 0 bridgehead atoms. The molecule has 0 saturated heterocycles. The first-order valence-electron chi connectivity index (χ1n) is 8.74. The Morgan fingerprint density at radius 2 is 1.32 bits per heavy atom. The predicted molar refractivity (Wildman–Crippen MR) is 108 cm³/mol. The van der Waals surface area contributed by atoms with Crippen LogP contribution < -0.4 is 18.9 Å². The Bertz CT molecular complexity index is 866. The molecule has 28 heavy (non-hydrogen) atoms. The molecule has 0 radical (unpaired) electrons. The molecular weight excluding hydrogens is 378 g/mol. The second-order valence-electron chi connectivity index (χ2n) is 5.79. The van der Waals surface area contributed by atoms with Crippen molar-refractivity contribution in [3.8, 4) is 23.0 Å². The summed E-state index contributed by atoms with van der Waals surface area (Å²) in [6, 6.07) is 15.0. The van der Waals surface area contributed by atoms with E-state index in [-0.39, 0.29) is 0 Å². The van der Waals surface area contributed by atoms with Gasteiger partial charge < -0.3 is 23.5 Å². The number of rotatable bonds is 10. The molecule has 0 aliphatic heterocycles. The number of ether oxygens (including phenoxy) is 4. The quantitative estimate of drug-likeness (QED) is 0.380. The summed E-state index contributed by atoms with van der Waals surface area (Å²) >= 11 is 1.59. The van der Waals surface area contributed by atoms with Crippen molar-refractivity contribution in [2.75, 3.05) is 26.6 Å². The first kappa shape index (κ1) is 19.9. The zero-order chi connectivity index (χ0) is 19.8. The minimum atomic E-state index is 0.346. The van der Waals surface area contributed by atoms with Crippen molar-refractivity contribution in [2.24, 2.45) is 7.05 Å². The maximum Gasteiger partial charge on any atom is 0.191 e. The van der Waals surface area contributed by atoms with Crippen LogP contribution in [0.15, 0.2) is 53.7 Å². The highest BCUT2D eigenvalue weighted by atomic mass is 32.2. The Morgan fingerprint density at radius 3 is 1.89 bits per heavy atom. The first-order valence-corrected chi connectivity index (χ1v) is 9.73. The number of hydrogen-bond donors (Lipinski definition) is 0. The molecule has 3 rings (SSSR count). The van der Waals surface area contributed by atoms with Gasteiger partial charge in [0, 0.05) is 12.8 Å². The smallest absolute Gasteiger partial charge is 0.191 e. The molecule has 0 amide bonds. The number of benzene rings is 2. The first-order chi connectivity index (χ1) is 13.7. The van der Waals surface area contributed by atoms with E-state index in [1.807, 2.05) is 60.1 Å². The number of aromatic nitrogens is 3. The van der Waals surface area contributed by atoms with Crippen LogP contribution in [0, 0.1) is 0 Å². The molecule has 2 aromatic carbocycles. The van der Waals surface area contributed by atoms with E-state index in [0.29, 0.717) is 13.2 Å². The van der Waals surface area contributed by atoms with Crippen molar-refractivity contribution in [2.45, 2.75) is 11.8 Å². The van der Waals surface area contributed by atoms with Gasteiger partial charge in [-0.15, -0.1) is 10.2 Å². The van der Waals surface area contributed by atoms with Gasteiger partial charge in [0.05, 0.1) is 20.8 Å². The molecule has 7 nitrogen and oxygen atoms in total. The highest BCUT2D eigenvalue weighted by Crippen LogP contribution is 2.21. The Kier molecular flexibility index (Phi) is 7.02. The molecule has 0 aliphatic rings. The molecule has 0 N–H and O–H groups in total. The Balaban J connectivity index is 1.44. The van der Waals surface area contributed by atoms with Crippen LogP contribution in [0.1, 0.15) is 5.82 Å². The monoisotopic (exact) mass is 401 g/mol. The van der Waals surface area contributed by atoms with Gasteiger partial charge in [-0.05, 0) is 48.5 Å². The fourth-order valence-corrected chi connectivity index (χ4v) is 3.13. The van der Waals surface area contributed by atoms with E-state index in [2.05, 4.69) is 10.2 Å². The number of hydrogen-bond acceptors (Lipinski definition) is 7. The summed E-state index contributed by atoms with van der Waals surface area (Å²) in [4.78, 5) is 0. The third-order valence-corrected chi connectivity index (χ3v) is 4.98. The van der Waals surface area contributed by atoms with Crippen LogP contribution in [0.3, 0.4) is 0 Å². The van der Waals surface area contributed by atoms with Crippen LogP contribution in [-0.2, 0) is 13.7 Å². The van der Waals surface area contributed by atoms with E-state index in [1.54, 1.807) is 26.0 Å². The fourth-order valence-electron chi connectivity index (χ4n) is 2.38. The molecule has 0 atom stereocenters. The predicted octanol–water partition coefficient (Wildman–Crippen LogP) is 3.58. The molecule has 0 fully saturated rings. The standard InChI is InChI=1S/C20H23N3O4S/c1-23-19(14-27-18-10-6-16(25-3)7-11-18)21-22-20(23)28-13-12-26-17-8-4-15(24-2)5-9-17/h4-11H,12-14H2,1-3H3. The summed E-state index contributed by atoms with van der Waals surface area (Å²) in [5, 5.41) is 9.26. The van der Waals surface area contributed by atoms with Crippen LogP contribution in [0.4, 0.5) is 0 Å². The third kappa shape index (κ3) is 5.32. The number of thioether (sulfide) groups is 1. The van der Waals surface area contributed by atoms with E-state index in [9.17, 15) is 0 Å². The van der Waals surface area contributed by atoms with Gasteiger partial charge >= 0.3 is 0 Å². The minimum absolute atomic E-state index is 0.346. The van der Waals surface area contributed by atoms with Gasteiger partial charge in [0.2, 0.25) is 0 Å². The molecule has 0 saturated carbocycles. The molecule has 8 heteroatoms. The van der Waals surface area contributed by atoms with Crippen molar-refractivity contribution >= 4 is 11.8 Å². The second-order valence-corrected chi connectivity index (χ2v) is 6.86. The van der Waals surface area contributed by atoms with E-state index in [0.717, 1.165) is 39.7 Å². The molecule has 148 valence electrons. The minimum Gasteiger partial charge on any atom is -0.497 e. The summed E-state index contributed by atoms with van der Waals surface area (Å²) in [7, 11) is 5.21. The number of methoxy groups -OCH3 is 2. The number of nitrogens with zero attached hydrogens (tertiary/aromatic N) is 3. The SMILES string of the molecule is COc1ccc(OCCSc2nnc(COc3ccc(OC)cc3)n2C)cc1. The van der Waals surface area contributed by atoms with Crippen LogP contribution >= 0.6 is 11.8 Å². The van der Waals surface area contributed by atoms with E-state index in [1.165, 1.54) is 0 Å². The largest absolute Gasteiger partial charge is 0.497 e. The summed E-state index contributed by atoms with van der Waals surface area (Å²) in [5.74, 6) is 4.69. The van der Waals surface area contributed by atoms with Crippen molar-refractivity contribution in [3.05, 3.63) is 54.4 Å². The topological polar surface area (TPSA) is 67.6 Å². The van der Waals surface area contributed by atoms with Gasteiger partial charge in [-0.2, -0.15) is 0 Å². The van der Waals surface area contributed by atoms with E-state index >= 15 is 0 Å². The Morgan fingerprint density at radius 1 is 0.786 bits per heavy atom. The highest BCUT2D eigenvalue weighted by Gasteiger charge is 2.10. The van der Waals surface area contributed by atoms with Gasteiger partial charge in [-0.1, -0.05) is 11.8 Å². The molecule has 1 aromatic heterocycles. The lowest BCUT2D eigenvalue weighted by Crippen LogP contribution is -2.05. The average molecular weight is 401 g/mol. The van der Waals surface area contributed by atoms with Gasteiger partial charge in [0.15, 0.2) is 11.0 Å². The maximum absolute atomic E-state index is 5.76. The van der Waals surface area contributed by atoms with Crippen molar-refractivity contribution in [1.82, 2.24) is 14.8 Å². The van der Waals surface area contributed by atoms with Crippen molar-refractivity contribution in [1.29, 1.82) is 0 Å². The zero-order valence-corrected chi connectivity index (χ0v) is 16.9. The average Bonchev–Trinajstić information content (AvgIpc) is 3.10. The van der Waals surface area contributed by atoms with Gasteiger partial charge in [0.25, 0.3) is 0 Å². The molecule has 1 heterocycles. The van der Waals surface area contributed by atoms with Crippen LogP contribution in [0.25, 0.3) is 0 Å². The molecule has 3 aromatic rings. The lowest BCUT2D eigenvalue weighted by atomic mass is 10.3. The Hall–Kier alpha value is -2.87.